The molecular weight excluding hydrogens is 228 g/mol. The summed E-state index contributed by atoms with van der Waals surface area (Å²) in [6.07, 6.45) is 2.21. The number of hydrogen-bond acceptors (Lipinski definition) is 2. The molecule has 0 radical (unpaired) electrons. The maximum absolute atomic E-state index is 12.9. The van der Waals surface area contributed by atoms with Gasteiger partial charge in [-0.3, -0.25) is 0 Å². The quantitative estimate of drug-likeness (QED) is 0.770. The average molecular weight is 245 g/mol. The van der Waals surface area contributed by atoms with Crippen molar-refractivity contribution >= 4 is 11.8 Å². The van der Waals surface area contributed by atoms with Crippen LogP contribution in [-0.4, -0.2) is 18.8 Å². The molecule has 1 nitrogen and oxygen atoms in total. The molecule has 0 aromatic heterocycles. The molecular formula is C12H17F2NS. The van der Waals surface area contributed by atoms with Gasteiger partial charge in [-0.15, -0.1) is 11.8 Å². The van der Waals surface area contributed by atoms with E-state index in [9.17, 15) is 8.78 Å². The van der Waals surface area contributed by atoms with E-state index in [1.165, 1.54) is 12.1 Å². The molecule has 4 heteroatoms. The van der Waals surface area contributed by atoms with E-state index in [1.54, 1.807) is 17.8 Å². The molecule has 0 saturated carbocycles. The van der Waals surface area contributed by atoms with Crippen LogP contribution in [-0.2, 0) is 0 Å². The van der Waals surface area contributed by atoms with Crippen molar-refractivity contribution in [3.05, 3.63) is 29.8 Å². The van der Waals surface area contributed by atoms with E-state index < -0.39 is 11.6 Å². The average Bonchev–Trinajstić information content (AvgIpc) is 2.28. The lowest BCUT2D eigenvalue weighted by molar-refractivity contribution is 0.506. The highest BCUT2D eigenvalue weighted by atomic mass is 32.2. The Morgan fingerprint density at radius 1 is 1.31 bits per heavy atom. The number of rotatable bonds is 6. The van der Waals surface area contributed by atoms with Crippen LogP contribution in [0.15, 0.2) is 23.1 Å². The Morgan fingerprint density at radius 2 is 2.06 bits per heavy atom. The third-order valence-corrected chi connectivity index (χ3v) is 3.54. The first kappa shape index (κ1) is 13.5. The van der Waals surface area contributed by atoms with Gasteiger partial charge in [0.25, 0.3) is 0 Å². The van der Waals surface area contributed by atoms with Gasteiger partial charge in [-0.25, -0.2) is 8.78 Å². The fourth-order valence-corrected chi connectivity index (χ4v) is 2.50. The van der Waals surface area contributed by atoms with Crippen molar-refractivity contribution in [1.29, 1.82) is 0 Å². The zero-order valence-electron chi connectivity index (χ0n) is 9.59. The Labute approximate surface area is 99.6 Å². The van der Waals surface area contributed by atoms with Gasteiger partial charge >= 0.3 is 0 Å². The van der Waals surface area contributed by atoms with Gasteiger partial charge < -0.3 is 5.32 Å². The third-order valence-electron chi connectivity index (χ3n) is 2.39. The lowest BCUT2D eigenvalue weighted by Crippen LogP contribution is -2.27. The standard InChI is InChI=1S/C12H17F2NS/c1-3-4-9(15-2)8-16-10-5-6-11(13)12(14)7-10/h5-7,9,15H,3-4,8H2,1-2H3. The van der Waals surface area contributed by atoms with E-state index in [1.807, 2.05) is 7.05 Å². The molecule has 0 spiro atoms. The van der Waals surface area contributed by atoms with Crippen molar-refractivity contribution in [2.24, 2.45) is 0 Å². The number of benzene rings is 1. The Hall–Kier alpha value is -0.610. The molecule has 1 N–H and O–H groups in total. The fraction of sp³-hybridized carbons (Fsp3) is 0.500. The minimum Gasteiger partial charge on any atom is -0.316 e. The predicted molar refractivity (Wildman–Crippen MR) is 64.8 cm³/mol. The van der Waals surface area contributed by atoms with Crippen LogP contribution in [0.4, 0.5) is 8.78 Å². The molecule has 16 heavy (non-hydrogen) atoms. The van der Waals surface area contributed by atoms with Crippen LogP contribution in [0.1, 0.15) is 19.8 Å². The molecule has 0 aliphatic carbocycles. The number of halogens is 2. The summed E-state index contributed by atoms with van der Waals surface area (Å²) in [5.41, 5.74) is 0. The van der Waals surface area contributed by atoms with Crippen LogP contribution in [0.5, 0.6) is 0 Å². The van der Waals surface area contributed by atoms with E-state index in [-0.39, 0.29) is 0 Å². The highest BCUT2D eigenvalue weighted by Crippen LogP contribution is 2.21. The van der Waals surface area contributed by atoms with Gasteiger partial charge in [0, 0.05) is 16.7 Å². The summed E-state index contributed by atoms with van der Waals surface area (Å²) < 4.78 is 25.6. The second-order valence-corrected chi connectivity index (χ2v) is 4.75. The van der Waals surface area contributed by atoms with E-state index in [0.717, 1.165) is 23.5 Å². The van der Waals surface area contributed by atoms with Crippen molar-refractivity contribution in [3.8, 4) is 0 Å². The summed E-state index contributed by atoms with van der Waals surface area (Å²) in [5.74, 6) is -0.695. The summed E-state index contributed by atoms with van der Waals surface area (Å²) in [6, 6.07) is 4.45. The molecule has 1 atom stereocenters. The molecule has 1 aromatic rings. The van der Waals surface area contributed by atoms with Crippen LogP contribution in [0.2, 0.25) is 0 Å². The first-order valence-corrected chi connectivity index (χ1v) is 6.41. The van der Waals surface area contributed by atoms with Crippen LogP contribution in [0.25, 0.3) is 0 Å². The molecule has 0 saturated heterocycles. The van der Waals surface area contributed by atoms with Gasteiger partial charge in [-0.05, 0) is 31.7 Å². The Balaban J connectivity index is 2.50. The van der Waals surface area contributed by atoms with Crippen molar-refractivity contribution in [1.82, 2.24) is 5.32 Å². The zero-order valence-corrected chi connectivity index (χ0v) is 10.4. The summed E-state index contributed by atoms with van der Waals surface area (Å²) in [7, 11) is 1.92. The molecule has 90 valence electrons. The van der Waals surface area contributed by atoms with E-state index >= 15 is 0 Å². The lowest BCUT2D eigenvalue weighted by atomic mass is 10.2. The third kappa shape index (κ3) is 4.10. The van der Waals surface area contributed by atoms with Crippen LogP contribution >= 0.6 is 11.8 Å². The minimum atomic E-state index is -0.789. The topological polar surface area (TPSA) is 12.0 Å². The molecule has 0 heterocycles. The number of thioether (sulfide) groups is 1. The highest BCUT2D eigenvalue weighted by Gasteiger charge is 2.07. The van der Waals surface area contributed by atoms with Crippen molar-refractivity contribution in [3.63, 3.8) is 0 Å². The normalized spacial score (nSPS) is 12.8. The van der Waals surface area contributed by atoms with Crippen molar-refractivity contribution in [2.45, 2.75) is 30.7 Å². The molecule has 1 rings (SSSR count). The lowest BCUT2D eigenvalue weighted by Gasteiger charge is -2.14. The minimum absolute atomic E-state index is 0.420. The van der Waals surface area contributed by atoms with E-state index in [0.29, 0.717) is 6.04 Å². The fourth-order valence-electron chi connectivity index (χ4n) is 1.42. The summed E-state index contributed by atoms with van der Waals surface area (Å²) in [4.78, 5) is 0.773. The van der Waals surface area contributed by atoms with E-state index in [2.05, 4.69) is 12.2 Å². The van der Waals surface area contributed by atoms with E-state index in [4.69, 9.17) is 0 Å². The molecule has 0 fully saturated rings. The van der Waals surface area contributed by atoms with Crippen molar-refractivity contribution < 1.29 is 8.78 Å². The molecule has 0 aliphatic heterocycles. The van der Waals surface area contributed by atoms with Crippen LogP contribution in [0.3, 0.4) is 0 Å². The Bertz CT molecular complexity index is 331. The molecule has 0 amide bonds. The van der Waals surface area contributed by atoms with Crippen molar-refractivity contribution in [2.75, 3.05) is 12.8 Å². The van der Waals surface area contributed by atoms with Crippen LogP contribution < -0.4 is 5.32 Å². The summed E-state index contributed by atoms with van der Waals surface area (Å²) >= 11 is 1.55. The second kappa shape index (κ2) is 6.86. The maximum Gasteiger partial charge on any atom is 0.159 e. The second-order valence-electron chi connectivity index (χ2n) is 3.66. The smallest absolute Gasteiger partial charge is 0.159 e. The van der Waals surface area contributed by atoms with Gasteiger partial charge in [0.2, 0.25) is 0 Å². The SMILES string of the molecule is CCCC(CSc1ccc(F)c(F)c1)NC. The number of nitrogens with one attached hydrogen (secondary N) is 1. The van der Waals surface area contributed by atoms with Gasteiger partial charge in [-0.2, -0.15) is 0 Å². The molecule has 0 aliphatic rings. The first-order chi connectivity index (χ1) is 7.67. The Morgan fingerprint density at radius 3 is 2.62 bits per heavy atom. The summed E-state index contributed by atoms with van der Waals surface area (Å²) in [6.45, 7) is 2.13. The summed E-state index contributed by atoms with van der Waals surface area (Å²) in [5, 5.41) is 3.21. The highest BCUT2D eigenvalue weighted by molar-refractivity contribution is 7.99. The predicted octanol–water partition coefficient (Wildman–Crippen LogP) is 3.45. The Kier molecular flexibility index (Phi) is 5.77. The van der Waals surface area contributed by atoms with Gasteiger partial charge in [0.1, 0.15) is 0 Å². The monoisotopic (exact) mass is 245 g/mol. The van der Waals surface area contributed by atoms with Gasteiger partial charge in [0.15, 0.2) is 11.6 Å². The molecule has 0 bridgehead atoms. The largest absolute Gasteiger partial charge is 0.316 e. The van der Waals surface area contributed by atoms with Crippen LogP contribution in [0, 0.1) is 11.6 Å². The number of hydrogen-bond donors (Lipinski definition) is 1. The first-order valence-electron chi connectivity index (χ1n) is 5.42. The maximum atomic E-state index is 12.9. The van der Waals surface area contributed by atoms with Gasteiger partial charge in [0.05, 0.1) is 0 Å². The molecule has 1 unspecified atom stereocenters. The zero-order chi connectivity index (χ0) is 12.0. The molecule has 1 aromatic carbocycles. The van der Waals surface area contributed by atoms with Gasteiger partial charge in [-0.1, -0.05) is 13.3 Å².